The Labute approximate surface area is 90.6 Å². The predicted octanol–water partition coefficient (Wildman–Crippen LogP) is 1.55. The second kappa shape index (κ2) is 4.49. The van der Waals surface area contributed by atoms with Gasteiger partial charge in [-0.25, -0.2) is 4.98 Å². The highest BCUT2D eigenvalue weighted by atomic mass is 16.5. The Balaban J connectivity index is 3.34. The molecule has 0 atom stereocenters. The summed E-state index contributed by atoms with van der Waals surface area (Å²) in [5.74, 6) is 1.37. The molecular formula is C11H18N2O2. The van der Waals surface area contributed by atoms with Gasteiger partial charge in [0.1, 0.15) is 5.75 Å². The summed E-state index contributed by atoms with van der Waals surface area (Å²) < 4.78 is 10.6. The number of rotatable bonds is 4. The van der Waals surface area contributed by atoms with Crippen molar-refractivity contribution < 1.29 is 9.47 Å². The van der Waals surface area contributed by atoms with Crippen LogP contribution in [0.1, 0.15) is 19.4 Å². The largest absolute Gasteiger partial charge is 0.496 e. The van der Waals surface area contributed by atoms with E-state index in [-0.39, 0.29) is 5.54 Å². The van der Waals surface area contributed by atoms with Gasteiger partial charge in [-0.3, -0.25) is 0 Å². The zero-order valence-electron chi connectivity index (χ0n) is 9.92. The maximum absolute atomic E-state index is 5.32. The lowest BCUT2D eigenvalue weighted by Gasteiger charge is -2.27. The second-order valence-electron chi connectivity index (χ2n) is 3.77. The van der Waals surface area contributed by atoms with Crippen LogP contribution in [0.3, 0.4) is 0 Å². The van der Waals surface area contributed by atoms with Crippen molar-refractivity contribution in [2.45, 2.75) is 19.4 Å². The summed E-state index contributed by atoms with van der Waals surface area (Å²) in [6.45, 7) is 4.10. The second-order valence-corrected chi connectivity index (χ2v) is 3.77. The summed E-state index contributed by atoms with van der Waals surface area (Å²) in [6, 6.07) is 1.83. The van der Waals surface area contributed by atoms with Crippen molar-refractivity contribution in [2.24, 2.45) is 0 Å². The number of hydrogen-bond acceptors (Lipinski definition) is 4. The van der Waals surface area contributed by atoms with Crippen molar-refractivity contribution in [2.75, 3.05) is 21.3 Å². The molecule has 0 aromatic carbocycles. The summed E-state index contributed by atoms with van der Waals surface area (Å²) >= 11 is 0. The van der Waals surface area contributed by atoms with Crippen LogP contribution in [0.15, 0.2) is 12.3 Å². The molecule has 1 heterocycles. The predicted molar refractivity (Wildman–Crippen MR) is 59.4 cm³/mol. The third-order valence-corrected chi connectivity index (χ3v) is 2.54. The van der Waals surface area contributed by atoms with E-state index < -0.39 is 0 Å². The van der Waals surface area contributed by atoms with Gasteiger partial charge >= 0.3 is 0 Å². The first kappa shape index (κ1) is 11.8. The lowest BCUT2D eigenvalue weighted by atomic mass is 9.94. The maximum Gasteiger partial charge on any atom is 0.221 e. The first-order valence-electron chi connectivity index (χ1n) is 4.83. The molecule has 0 bridgehead atoms. The fraction of sp³-hybridized carbons (Fsp3) is 0.545. The van der Waals surface area contributed by atoms with Crippen molar-refractivity contribution >= 4 is 0 Å². The van der Waals surface area contributed by atoms with E-state index in [1.165, 1.54) is 0 Å². The third-order valence-electron chi connectivity index (χ3n) is 2.54. The first-order valence-corrected chi connectivity index (χ1v) is 4.83. The fourth-order valence-corrected chi connectivity index (χ4v) is 1.45. The fourth-order valence-electron chi connectivity index (χ4n) is 1.45. The average Bonchev–Trinajstić information content (AvgIpc) is 2.27. The number of hydrogen-bond donors (Lipinski definition) is 1. The topological polar surface area (TPSA) is 43.4 Å². The van der Waals surface area contributed by atoms with Gasteiger partial charge in [-0.15, -0.1) is 0 Å². The Morgan fingerprint density at radius 2 is 1.93 bits per heavy atom. The minimum atomic E-state index is -0.245. The number of methoxy groups -OCH3 is 2. The average molecular weight is 210 g/mol. The maximum atomic E-state index is 5.32. The molecule has 4 nitrogen and oxygen atoms in total. The van der Waals surface area contributed by atoms with Gasteiger partial charge < -0.3 is 14.8 Å². The molecule has 0 fully saturated rings. The van der Waals surface area contributed by atoms with E-state index in [2.05, 4.69) is 24.1 Å². The molecule has 0 saturated carbocycles. The summed E-state index contributed by atoms with van der Waals surface area (Å²) in [6.07, 6.45) is 1.67. The first-order chi connectivity index (χ1) is 7.06. The van der Waals surface area contributed by atoms with Gasteiger partial charge in [-0.05, 0) is 27.0 Å². The molecule has 15 heavy (non-hydrogen) atoms. The molecule has 4 heteroatoms. The zero-order chi connectivity index (χ0) is 11.5. The van der Waals surface area contributed by atoms with Gasteiger partial charge in [0.15, 0.2) is 0 Å². The Hall–Kier alpha value is -1.29. The van der Waals surface area contributed by atoms with E-state index in [1.807, 2.05) is 13.1 Å². The number of aromatic nitrogens is 1. The van der Waals surface area contributed by atoms with E-state index in [0.29, 0.717) is 5.88 Å². The Kier molecular flexibility index (Phi) is 3.52. The molecular weight excluding hydrogens is 192 g/mol. The quantitative estimate of drug-likeness (QED) is 0.819. The minimum Gasteiger partial charge on any atom is -0.496 e. The van der Waals surface area contributed by atoms with Crippen molar-refractivity contribution in [1.29, 1.82) is 0 Å². The number of pyridine rings is 1. The van der Waals surface area contributed by atoms with Gasteiger partial charge in [0.05, 0.1) is 19.8 Å². The van der Waals surface area contributed by atoms with Crippen LogP contribution in [0.4, 0.5) is 0 Å². The van der Waals surface area contributed by atoms with Crippen molar-refractivity contribution in [3.05, 3.63) is 17.8 Å². The van der Waals surface area contributed by atoms with Crippen LogP contribution >= 0.6 is 0 Å². The molecule has 0 amide bonds. The molecule has 1 rings (SSSR count). The van der Waals surface area contributed by atoms with Crippen LogP contribution in [0, 0.1) is 0 Å². The van der Waals surface area contributed by atoms with Crippen LogP contribution in [-0.4, -0.2) is 26.3 Å². The molecule has 1 aromatic heterocycles. The van der Waals surface area contributed by atoms with E-state index in [0.717, 1.165) is 11.3 Å². The van der Waals surface area contributed by atoms with E-state index in [1.54, 1.807) is 20.4 Å². The highest BCUT2D eigenvalue weighted by molar-refractivity contribution is 5.44. The third kappa shape index (κ3) is 2.21. The summed E-state index contributed by atoms with van der Waals surface area (Å²) in [5, 5.41) is 3.21. The minimum absolute atomic E-state index is 0.245. The van der Waals surface area contributed by atoms with Crippen LogP contribution in [-0.2, 0) is 5.54 Å². The molecule has 0 radical (unpaired) electrons. The lowest BCUT2D eigenvalue weighted by Crippen LogP contribution is -2.34. The number of nitrogens with one attached hydrogen (secondary N) is 1. The molecule has 0 aliphatic rings. The van der Waals surface area contributed by atoms with Gasteiger partial charge in [-0.2, -0.15) is 0 Å². The molecule has 1 aromatic rings. The highest BCUT2D eigenvalue weighted by Gasteiger charge is 2.27. The zero-order valence-corrected chi connectivity index (χ0v) is 9.92. The highest BCUT2D eigenvalue weighted by Crippen LogP contribution is 2.35. The summed E-state index contributed by atoms with van der Waals surface area (Å²) in [4.78, 5) is 4.18. The Morgan fingerprint density at radius 3 is 2.40 bits per heavy atom. The summed E-state index contributed by atoms with van der Waals surface area (Å²) in [5.41, 5.74) is 0.683. The van der Waals surface area contributed by atoms with E-state index in [9.17, 15) is 0 Å². The van der Waals surface area contributed by atoms with Crippen LogP contribution in [0.5, 0.6) is 11.6 Å². The van der Waals surface area contributed by atoms with Gasteiger partial charge in [0.2, 0.25) is 5.88 Å². The lowest BCUT2D eigenvalue weighted by molar-refractivity contribution is 0.335. The standard InChI is InChI=1S/C11H18N2O2/c1-11(2,12-3)9-8(14-4)6-7-13-10(9)15-5/h6-7,12H,1-5H3. The van der Waals surface area contributed by atoms with Crippen LogP contribution < -0.4 is 14.8 Å². The van der Waals surface area contributed by atoms with E-state index >= 15 is 0 Å². The SMILES string of the molecule is CNC(C)(C)c1c(OC)ccnc1OC. The smallest absolute Gasteiger partial charge is 0.221 e. The van der Waals surface area contributed by atoms with E-state index in [4.69, 9.17) is 9.47 Å². The monoisotopic (exact) mass is 210 g/mol. The van der Waals surface area contributed by atoms with Gasteiger partial charge in [-0.1, -0.05) is 0 Å². The van der Waals surface area contributed by atoms with Crippen LogP contribution in [0.25, 0.3) is 0 Å². The molecule has 0 aliphatic carbocycles. The Morgan fingerprint density at radius 1 is 1.27 bits per heavy atom. The van der Waals surface area contributed by atoms with Crippen molar-refractivity contribution in [1.82, 2.24) is 10.3 Å². The normalized spacial score (nSPS) is 11.3. The molecule has 0 unspecified atom stereocenters. The molecule has 84 valence electrons. The van der Waals surface area contributed by atoms with Crippen molar-refractivity contribution in [3.63, 3.8) is 0 Å². The van der Waals surface area contributed by atoms with Gasteiger partial charge in [0.25, 0.3) is 0 Å². The summed E-state index contributed by atoms with van der Waals surface area (Å²) in [7, 11) is 5.15. The molecule has 0 aliphatic heterocycles. The molecule has 0 saturated heterocycles. The van der Waals surface area contributed by atoms with Crippen molar-refractivity contribution in [3.8, 4) is 11.6 Å². The number of ether oxygens (including phenoxy) is 2. The van der Waals surface area contributed by atoms with Crippen LogP contribution in [0.2, 0.25) is 0 Å². The molecule has 0 spiro atoms. The number of nitrogens with zero attached hydrogens (tertiary/aromatic N) is 1. The molecule has 1 N–H and O–H groups in total. The van der Waals surface area contributed by atoms with Gasteiger partial charge in [0, 0.05) is 11.7 Å². The Bertz CT molecular complexity index is 315.